The number of anilines is 2. The summed E-state index contributed by atoms with van der Waals surface area (Å²) in [5, 5.41) is 5.94. The summed E-state index contributed by atoms with van der Waals surface area (Å²) >= 11 is 0. The fourth-order valence-electron chi connectivity index (χ4n) is 4.46. The van der Waals surface area contributed by atoms with E-state index in [0.29, 0.717) is 6.42 Å². The number of benzene rings is 3. The van der Waals surface area contributed by atoms with Crippen molar-refractivity contribution in [2.24, 2.45) is 0 Å². The third-order valence-corrected chi connectivity index (χ3v) is 6.05. The molecule has 0 radical (unpaired) electrons. The zero-order valence-electron chi connectivity index (χ0n) is 18.4. The molecular weight excluding hydrogens is 412 g/mol. The van der Waals surface area contributed by atoms with E-state index in [1.54, 1.807) is 0 Å². The van der Waals surface area contributed by atoms with Gasteiger partial charge in [-0.3, -0.25) is 9.59 Å². The van der Waals surface area contributed by atoms with Crippen LogP contribution in [0.4, 0.5) is 11.4 Å². The molecule has 1 aromatic heterocycles. The molecule has 0 aliphatic heterocycles. The van der Waals surface area contributed by atoms with Crippen LogP contribution in [-0.4, -0.2) is 21.4 Å². The molecule has 1 aliphatic carbocycles. The molecule has 5 rings (SSSR count). The van der Waals surface area contributed by atoms with E-state index in [9.17, 15) is 9.59 Å². The highest BCUT2D eigenvalue weighted by Gasteiger charge is 2.16. The van der Waals surface area contributed by atoms with Crippen molar-refractivity contribution < 1.29 is 9.59 Å². The predicted octanol–water partition coefficient (Wildman–Crippen LogP) is 4.74. The van der Waals surface area contributed by atoms with E-state index in [-0.39, 0.29) is 24.8 Å². The first-order valence-corrected chi connectivity index (χ1v) is 11.4. The maximum Gasteiger partial charge on any atom is 0.244 e. The van der Waals surface area contributed by atoms with Gasteiger partial charge >= 0.3 is 0 Å². The smallest absolute Gasteiger partial charge is 0.244 e. The number of nitrogens with one attached hydrogen (secondary N) is 2. The number of hydrogen-bond donors (Lipinski definition) is 2. The van der Waals surface area contributed by atoms with Gasteiger partial charge in [-0.15, -0.1) is 0 Å². The van der Waals surface area contributed by atoms with Gasteiger partial charge in [0.15, 0.2) is 0 Å². The Morgan fingerprint density at radius 1 is 0.818 bits per heavy atom. The second kappa shape index (κ2) is 9.28. The maximum atomic E-state index is 12.9. The van der Waals surface area contributed by atoms with Crippen LogP contribution < -0.4 is 10.6 Å². The first-order chi connectivity index (χ1) is 16.2. The number of aryl methyl sites for hydroxylation is 3. The van der Waals surface area contributed by atoms with Crippen LogP contribution in [0.5, 0.6) is 0 Å². The van der Waals surface area contributed by atoms with Gasteiger partial charge in [-0.25, -0.2) is 4.98 Å². The molecule has 3 aromatic carbocycles. The van der Waals surface area contributed by atoms with Gasteiger partial charge in [0.1, 0.15) is 12.4 Å². The molecule has 166 valence electrons. The summed E-state index contributed by atoms with van der Waals surface area (Å²) in [6.07, 6.45) is 4.09. The van der Waals surface area contributed by atoms with Crippen molar-refractivity contribution in [2.45, 2.75) is 38.6 Å². The predicted molar refractivity (Wildman–Crippen MR) is 130 cm³/mol. The molecule has 33 heavy (non-hydrogen) atoms. The lowest BCUT2D eigenvalue weighted by Crippen LogP contribution is -2.21. The number of nitrogens with zero attached hydrogens (tertiary/aromatic N) is 2. The summed E-state index contributed by atoms with van der Waals surface area (Å²) in [4.78, 5) is 30.1. The third-order valence-electron chi connectivity index (χ3n) is 6.05. The van der Waals surface area contributed by atoms with Crippen LogP contribution in [-0.2, 0) is 35.4 Å². The molecule has 4 aromatic rings. The molecule has 1 aliphatic rings. The molecule has 0 spiro atoms. The lowest BCUT2D eigenvalue weighted by atomic mass is 10.1. The van der Waals surface area contributed by atoms with Gasteiger partial charge in [0.05, 0.1) is 11.0 Å². The summed E-state index contributed by atoms with van der Waals surface area (Å²) in [5.74, 6) is 0.539. The van der Waals surface area contributed by atoms with Gasteiger partial charge in [0.25, 0.3) is 0 Å². The molecule has 2 amide bonds. The Morgan fingerprint density at radius 3 is 2.45 bits per heavy atom. The van der Waals surface area contributed by atoms with Crippen LogP contribution in [0, 0.1) is 0 Å². The van der Waals surface area contributed by atoms with E-state index in [4.69, 9.17) is 4.98 Å². The van der Waals surface area contributed by atoms with Gasteiger partial charge in [-0.2, -0.15) is 0 Å². The Hall–Kier alpha value is -3.93. The number of carbonyl (C=O) groups excluding carboxylic acids is 2. The number of para-hydroxylation sites is 3. The van der Waals surface area contributed by atoms with Crippen molar-refractivity contribution in [1.82, 2.24) is 9.55 Å². The fraction of sp³-hybridized carbons (Fsp3) is 0.222. The van der Waals surface area contributed by atoms with E-state index in [2.05, 4.69) is 22.8 Å². The Morgan fingerprint density at radius 2 is 1.58 bits per heavy atom. The van der Waals surface area contributed by atoms with Crippen molar-refractivity contribution in [3.05, 3.63) is 89.7 Å². The van der Waals surface area contributed by atoms with Crippen LogP contribution in [0.1, 0.15) is 29.8 Å². The minimum absolute atomic E-state index is 0.0811. The van der Waals surface area contributed by atoms with Crippen molar-refractivity contribution in [1.29, 1.82) is 0 Å². The van der Waals surface area contributed by atoms with Crippen LogP contribution in [0.2, 0.25) is 0 Å². The molecular formula is C27H26N4O2. The van der Waals surface area contributed by atoms with Gasteiger partial charge < -0.3 is 15.2 Å². The van der Waals surface area contributed by atoms with Gasteiger partial charge in [-0.1, -0.05) is 36.4 Å². The third kappa shape index (κ3) is 4.80. The van der Waals surface area contributed by atoms with Crippen molar-refractivity contribution >= 4 is 34.2 Å². The van der Waals surface area contributed by atoms with Crippen molar-refractivity contribution in [2.75, 3.05) is 10.6 Å². The molecule has 0 saturated carbocycles. The highest BCUT2D eigenvalue weighted by molar-refractivity contribution is 5.92. The van der Waals surface area contributed by atoms with E-state index in [1.165, 1.54) is 17.5 Å². The number of carbonyl (C=O) groups is 2. The van der Waals surface area contributed by atoms with Crippen molar-refractivity contribution in [3.8, 4) is 0 Å². The molecule has 0 unspecified atom stereocenters. The molecule has 6 heteroatoms. The summed E-state index contributed by atoms with van der Waals surface area (Å²) in [7, 11) is 0. The fourth-order valence-corrected chi connectivity index (χ4v) is 4.46. The Kier molecular flexibility index (Phi) is 5.89. The number of fused-ring (bicyclic) bond motifs is 2. The summed E-state index contributed by atoms with van der Waals surface area (Å²) in [6.45, 7) is 0.146. The number of amides is 2. The average Bonchev–Trinajstić information content (AvgIpc) is 3.43. The number of aromatic nitrogens is 2. The largest absolute Gasteiger partial charge is 0.326 e. The second-order valence-electron chi connectivity index (χ2n) is 8.40. The number of imidazole rings is 1. The molecule has 1 heterocycles. The second-order valence-corrected chi connectivity index (χ2v) is 8.40. The van der Waals surface area contributed by atoms with E-state index in [0.717, 1.165) is 41.1 Å². The Labute approximate surface area is 192 Å². The molecule has 0 bridgehead atoms. The number of hydrogen-bond acceptors (Lipinski definition) is 3. The molecule has 0 fully saturated rings. The van der Waals surface area contributed by atoms with E-state index in [1.807, 2.05) is 65.2 Å². The first kappa shape index (κ1) is 20.9. The molecule has 0 saturated heterocycles. The molecule has 6 nitrogen and oxygen atoms in total. The normalized spacial score (nSPS) is 12.5. The molecule has 2 N–H and O–H groups in total. The lowest BCUT2D eigenvalue weighted by Gasteiger charge is -2.11. The van der Waals surface area contributed by atoms with Gasteiger partial charge in [-0.05, 0) is 66.8 Å². The zero-order valence-corrected chi connectivity index (χ0v) is 18.4. The Balaban J connectivity index is 1.30. The summed E-state index contributed by atoms with van der Waals surface area (Å²) < 4.78 is 1.91. The lowest BCUT2D eigenvalue weighted by molar-refractivity contribution is -0.117. The van der Waals surface area contributed by atoms with Crippen LogP contribution in [0.3, 0.4) is 0 Å². The van der Waals surface area contributed by atoms with Gasteiger partial charge in [0, 0.05) is 24.2 Å². The topological polar surface area (TPSA) is 76.0 Å². The minimum Gasteiger partial charge on any atom is -0.326 e. The van der Waals surface area contributed by atoms with E-state index < -0.39 is 0 Å². The maximum absolute atomic E-state index is 12.9. The average molecular weight is 439 g/mol. The zero-order chi connectivity index (χ0) is 22.6. The summed E-state index contributed by atoms with van der Waals surface area (Å²) in [6, 6.07) is 23.3. The first-order valence-electron chi connectivity index (χ1n) is 11.4. The van der Waals surface area contributed by atoms with Crippen LogP contribution in [0.25, 0.3) is 11.0 Å². The SMILES string of the molecule is O=C(CCc1nc2ccccc2n1CC(=O)Nc1ccc2c(c1)CCC2)Nc1ccccc1. The van der Waals surface area contributed by atoms with Crippen LogP contribution in [0.15, 0.2) is 72.8 Å². The van der Waals surface area contributed by atoms with Gasteiger partial charge in [0.2, 0.25) is 11.8 Å². The monoisotopic (exact) mass is 438 g/mol. The van der Waals surface area contributed by atoms with Crippen molar-refractivity contribution in [3.63, 3.8) is 0 Å². The van der Waals surface area contributed by atoms with E-state index >= 15 is 0 Å². The highest BCUT2D eigenvalue weighted by Crippen LogP contribution is 2.25. The summed E-state index contributed by atoms with van der Waals surface area (Å²) in [5.41, 5.74) is 6.01. The number of rotatable bonds is 7. The minimum atomic E-state index is -0.105. The highest BCUT2D eigenvalue weighted by atomic mass is 16.2. The van der Waals surface area contributed by atoms with Crippen LogP contribution >= 0.6 is 0 Å². The molecule has 0 atom stereocenters. The Bertz CT molecular complexity index is 1310. The quantitative estimate of drug-likeness (QED) is 0.438. The standard InChI is InChI=1S/C27H26N4O2/c32-26(28-21-9-2-1-3-10-21)16-15-25-30-23-11-4-5-12-24(23)31(25)18-27(33)29-22-14-13-19-7-6-8-20(19)17-22/h1-5,9-14,17H,6-8,15-16,18H2,(H,28,32)(H,29,33).